The number of ether oxygens (including phenoxy) is 1. The first kappa shape index (κ1) is 17.5. The van der Waals surface area contributed by atoms with Crippen LogP contribution in [0.1, 0.15) is 36.8 Å². The molecule has 0 bridgehead atoms. The van der Waals surface area contributed by atoms with Gasteiger partial charge < -0.3 is 9.26 Å². The van der Waals surface area contributed by atoms with Gasteiger partial charge in [0.25, 0.3) is 5.91 Å². The lowest BCUT2D eigenvalue weighted by Crippen LogP contribution is -2.20. The highest BCUT2D eigenvalue weighted by Gasteiger charge is 2.20. The zero-order valence-electron chi connectivity index (χ0n) is 14.6. The normalized spacial score (nSPS) is 11.3. The number of esters is 1. The molecule has 0 unspecified atom stereocenters. The molecule has 8 heteroatoms. The summed E-state index contributed by atoms with van der Waals surface area (Å²) >= 11 is 0. The van der Waals surface area contributed by atoms with Crippen molar-refractivity contribution in [2.75, 3.05) is 11.9 Å². The van der Waals surface area contributed by atoms with Crippen LogP contribution in [0, 0.1) is 0 Å². The summed E-state index contributed by atoms with van der Waals surface area (Å²) in [5, 5.41) is 6.41. The minimum atomic E-state index is -0.624. The Morgan fingerprint density at radius 2 is 1.85 bits per heavy atom. The van der Waals surface area contributed by atoms with E-state index in [-0.39, 0.29) is 11.3 Å². The summed E-state index contributed by atoms with van der Waals surface area (Å²) < 4.78 is 10.1. The third-order valence-corrected chi connectivity index (χ3v) is 3.58. The van der Waals surface area contributed by atoms with Crippen LogP contribution in [0.2, 0.25) is 0 Å². The number of carbonyl (C=O) groups excluding carboxylic acids is 2. The van der Waals surface area contributed by atoms with Crippen molar-refractivity contribution in [2.24, 2.45) is 0 Å². The van der Waals surface area contributed by atoms with Crippen LogP contribution in [-0.2, 0) is 14.9 Å². The summed E-state index contributed by atoms with van der Waals surface area (Å²) in [7, 11) is 0. The lowest BCUT2D eigenvalue weighted by Gasteiger charge is -2.12. The molecule has 0 aliphatic heterocycles. The number of nitrogens with one attached hydrogen (secondary N) is 1. The fourth-order valence-electron chi connectivity index (χ4n) is 2.17. The van der Waals surface area contributed by atoms with Crippen molar-refractivity contribution in [3.8, 4) is 0 Å². The van der Waals surface area contributed by atoms with Gasteiger partial charge in [0, 0.05) is 23.9 Å². The topological polar surface area (TPSA) is 107 Å². The Morgan fingerprint density at radius 3 is 2.54 bits per heavy atom. The van der Waals surface area contributed by atoms with Gasteiger partial charge in [0.2, 0.25) is 5.88 Å². The van der Waals surface area contributed by atoms with Gasteiger partial charge in [-0.25, -0.2) is 4.79 Å². The van der Waals surface area contributed by atoms with Crippen LogP contribution in [-0.4, -0.2) is 33.6 Å². The molecule has 1 aromatic carbocycles. The molecule has 1 amide bonds. The van der Waals surface area contributed by atoms with E-state index in [2.05, 4.69) is 20.4 Å². The molecule has 134 valence electrons. The van der Waals surface area contributed by atoms with Crippen molar-refractivity contribution in [1.29, 1.82) is 0 Å². The van der Waals surface area contributed by atoms with E-state index in [1.165, 1.54) is 6.20 Å². The van der Waals surface area contributed by atoms with Crippen LogP contribution in [0.25, 0.3) is 11.0 Å². The fraction of sp³-hybridized carbons (Fsp3) is 0.278. The van der Waals surface area contributed by atoms with E-state index in [4.69, 9.17) is 9.26 Å². The molecule has 0 aliphatic rings. The van der Waals surface area contributed by atoms with Gasteiger partial charge in [-0.15, -0.1) is 0 Å². The number of aromatic nitrogens is 3. The standard InChI is InChI=1S/C18H18N4O4/c1-18(2,3)14-9-16(26-22-14)21-15(23)10-25-17(24)11-4-5-12-13(8-11)20-7-6-19-12/h4-9H,10H2,1-3H3,(H,21,23). The van der Waals surface area contributed by atoms with Gasteiger partial charge >= 0.3 is 5.97 Å². The van der Waals surface area contributed by atoms with E-state index >= 15 is 0 Å². The van der Waals surface area contributed by atoms with Gasteiger partial charge in [0.1, 0.15) is 0 Å². The second kappa shape index (κ2) is 6.91. The number of fused-ring (bicyclic) bond motifs is 1. The van der Waals surface area contributed by atoms with E-state index in [0.717, 1.165) is 0 Å². The SMILES string of the molecule is CC(C)(C)c1cc(NC(=O)COC(=O)c2ccc3nccnc3c2)on1. The molecule has 0 saturated carbocycles. The largest absolute Gasteiger partial charge is 0.452 e. The summed E-state index contributed by atoms with van der Waals surface area (Å²) in [6, 6.07) is 6.45. The molecule has 0 radical (unpaired) electrons. The Labute approximate surface area is 149 Å². The molecule has 0 fully saturated rings. The van der Waals surface area contributed by atoms with Gasteiger partial charge in [-0.05, 0) is 18.2 Å². The minimum absolute atomic E-state index is 0.197. The molecule has 1 N–H and O–H groups in total. The monoisotopic (exact) mass is 354 g/mol. The van der Waals surface area contributed by atoms with E-state index < -0.39 is 18.5 Å². The first-order chi connectivity index (χ1) is 12.3. The average molecular weight is 354 g/mol. The van der Waals surface area contributed by atoms with Gasteiger partial charge in [-0.3, -0.25) is 20.1 Å². The predicted molar refractivity (Wildman–Crippen MR) is 93.7 cm³/mol. The van der Waals surface area contributed by atoms with Gasteiger partial charge in [0.05, 0.1) is 22.3 Å². The molecule has 0 aliphatic carbocycles. The van der Waals surface area contributed by atoms with Crippen molar-refractivity contribution in [3.05, 3.63) is 47.9 Å². The lowest BCUT2D eigenvalue weighted by molar-refractivity contribution is -0.119. The van der Waals surface area contributed by atoms with Gasteiger partial charge in [-0.1, -0.05) is 25.9 Å². The van der Waals surface area contributed by atoms with Crippen molar-refractivity contribution < 1.29 is 18.8 Å². The van der Waals surface area contributed by atoms with Crippen LogP contribution in [0.4, 0.5) is 5.88 Å². The molecule has 3 aromatic rings. The molecule has 3 rings (SSSR count). The van der Waals surface area contributed by atoms with Crippen molar-refractivity contribution in [3.63, 3.8) is 0 Å². The van der Waals surface area contributed by atoms with E-state index in [1.54, 1.807) is 30.5 Å². The molecule has 2 aromatic heterocycles. The number of hydrogen-bond acceptors (Lipinski definition) is 7. The van der Waals surface area contributed by atoms with Gasteiger partial charge in [0.15, 0.2) is 6.61 Å². The maximum absolute atomic E-state index is 12.1. The smallest absolute Gasteiger partial charge is 0.338 e. The third-order valence-electron chi connectivity index (χ3n) is 3.58. The average Bonchev–Trinajstić information content (AvgIpc) is 3.08. The molecular weight excluding hydrogens is 336 g/mol. The Bertz CT molecular complexity index is 959. The summed E-state index contributed by atoms with van der Waals surface area (Å²) in [4.78, 5) is 32.3. The highest BCUT2D eigenvalue weighted by molar-refractivity contribution is 5.96. The molecule has 8 nitrogen and oxygen atoms in total. The number of benzene rings is 1. The second-order valence-corrected chi connectivity index (χ2v) is 6.71. The minimum Gasteiger partial charge on any atom is -0.452 e. The summed E-state index contributed by atoms with van der Waals surface area (Å²) in [6.45, 7) is 5.49. The lowest BCUT2D eigenvalue weighted by atomic mass is 9.92. The highest BCUT2D eigenvalue weighted by Crippen LogP contribution is 2.23. The number of anilines is 1. The Hall–Kier alpha value is -3.29. The molecule has 2 heterocycles. The first-order valence-electron chi connectivity index (χ1n) is 7.98. The first-order valence-corrected chi connectivity index (χ1v) is 7.98. The molecule has 0 spiro atoms. The molecule has 0 atom stereocenters. The quantitative estimate of drug-likeness (QED) is 0.718. The van der Waals surface area contributed by atoms with Crippen LogP contribution < -0.4 is 5.32 Å². The summed E-state index contributed by atoms with van der Waals surface area (Å²) in [5.74, 6) is -0.937. The van der Waals surface area contributed by atoms with Crippen LogP contribution in [0.5, 0.6) is 0 Å². The van der Waals surface area contributed by atoms with Crippen molar-refractivity contribution in [1.82, 2.24) is 15.1 Å². The van der Waals surface area contributed by atoms with Crippen molar-refractivity contribution in [2.45, 2.75) is 26.2 Å². The summed E-state index contributed by atoms with van der Waals surface area (Å²) in [5.41, 5.74) is 2.05. The van der Waals surface area contributed by atoms with E-state index in [0.29, 0.717) is 22.3 Å². The van der Waals surface area contributed by atoms with Crippen LogP contribution in [0.3, 0.4) is 0 Å². The summed E-state index contributed by atoms with van der Waals surface area (Å²) in [6.07, 6.45) is 3.10. The Kier molecular flexibility index (Phi) is 4.66. The number of nitrogens with zero attached hydrogens (tertiary/aromatic N) is 3. The zero-order valence-corrected chi connectivity index (χ0v) is 14.6. The third kappa shape index (κ3) is 4.02. The zero-order chi connectivity index (χ0) is 18.7. The Balaban J connectivity index is 1.58. The van der Waals surface area contributed by atoms with Gasteiger partial charge in [-0.2, -0.15) is 0 Å². The molecule has 26 heavy (non-hydrogen) atoms. The number of carbonyl (C=O) groups is 2. The number of hydrogen-bond donors (Lipinski definition) is 1. The predicted octanol–water partition coefficient (Wildman–Crippen LogP) is 2.71. The maximum Gasteiger partial charge on any atom is 0.338 e. The van der Waals surface area contributed by atoms with Crippen molar-refractivity contribution >= 4 is 28.8 Å². The van der Waals surface area contributed by atoms with Crippen LogP contribution >= 0.6 is 0 Å². The fourth-order valence-corrected chi connectivity index (χ4v) is 2.17. The molecular formula is C18H18N4O4. The van der Waals surface area contributed by atoms with Crippen LogP contribution in [0.15, 0.2) is 41.2 Å². The molecule has 0 saturated heterocycles. The number of rotatable bonds is 4. The van der Waals surface area contributed by atoms with E-state index in [1.807, 2.05) is 20.8 Å². The maximum atomic E-state index is 12.1. The van der Waals surface area contributed by atoms with E-state index in [9.17, 15) is 9.59 Å². The Morgan fingerprint density at radius 1 is 1.12 bits per heavy atom. The second-order valence-electron chi connectivity index (χ2n) is 6.71. The number of amides is 1. The highest BCUT2D eigenvalue weighted by atomic mass is 16.5.